The van der Waals surface area contributed by atoms with E-state index >= 15 is 0 Å². The van der Waals surface area contributed by atoms with Crippen LogP contribution in [0, 0.1) is 5.82 Å². The largest absolute Gasteiger partial charge is 0.507 e. The molecule has 5 nitrogen and oxygen atoms in total. The minimum absolute atomic E-state index is 0.0664. The number of carbonyl (C=O) groups excluding carboxylic acids is 2. The fourth-order valence-corrected chi connectivity index (χ4v) is 2.92. The van der Waals surface area contributed by atoms with E-state index < -0.39 is 23.5 Å². The molecule has 1 N–H and O–H groups in total. The van der Waals surface area contributed by atoms with Crippen LogP contribution in [0.5, 0.6) is 5.75 Å². The second kappa shape index (κ2) is 6.39. The third-order valence-electron chi connectivity index (χ3n) is 4.20. The number of likely N-dealkylation sites (N-methyl/N-ethyl adjacent to an activating group) is 1. The highest BCUT2D eigenvalue weighted by molar-refractivity contribution is 6.46. The van der Waals surface area contributed by atoms with Crippen molar-refractivity contribution in [3.05, 3.63) is 71.0 Å². The van der Waals surface area contributed by atoms with Gasteiger partial charge in [-0.15, -0.1) is 0 Å². The highest BCUT2D eigenvalue weighted by Gasteiger charge is 2.44. The fraction of sp³-hybridized carbons (Fsp3) is 0.158. The summed E-state index contributed by atoms with van der Waals surface area (Å²) >= 11 is 0. The van der Waals surface area contributed by atoms with Crippen LogP contribution in [0.15, 0.2) is 54.1 Å². The van der Waals surface area contributed by atoms with E-state index in [1.165, 1.54) is 37.3 Å². The number of benzene rings is 2. The highest BCUT2D eigenvalue weighted by Crippen LogP contribution is 2.38. The minimum Gasteiger partial charge on any atom is -0.507 e. The van der Waals surface area contributed by atoms with Gasteiger partial charge < -0.3 is 14.7 Å². The number of nitrogens with zero attached hydrogens (tertiary/aromatic N) is 1. The van der Waals surface area contributed by atoms with Crippen LogP contribution >= 0.6 is 0 Å². The number of methoxy groups -OCH3 is 1. The lowest BCUT2D eigenvalue weighted by Gasteiger charge is -2.21. The molecule has 1 aliphatic rings. The molecule has 0 radical (unpaired) electrons. The Labute approximate surface area is 144 Å². The summed E-state index contributed by atoms with van der Waals surface area (Å²) in [7, 11) is 2.96. The van der Waals surface area contributed by atoms with Crippen LogP contribution in [0.4, 0.5) is 4.39 Å². The molecular weight excluding hydrogens is 325 g/mol. The van der Waals surface area contributed by atoms with Crippen molar-refractivity contribution in [1.29, 1.82) is 0 Å². The first-order valence-electron chi connectivity index (χ1n) is 7.58. The van der Waals surface area contributed by atoms with Gasteiger partial charge in [-0.2, -0.15) is 0 Å². The van der Waals surface area contributed by atoms with Crippen molar-refractivity contribution in [1.82, 2.24) is 4.90 Å². The summed E-state index contributed by atoms with van der Waals surface area (Å²) < 4.78 is 18.7. The molecule has 0 bridgehead atoms. The van der Waals surface area contributed by atoms with Crippen LogP contribution in [0.1, 0.15) is 17.2 Å². The molecular formula is C19H16FNO4. The van der Waals surface area contributed by atoms with Gasteiger partial charge in [-0.3, -0.25) is 9.59 Å². The van der Waals surface area contributed by atoms with Crippen LogP contribution < -0.4 is 4.74 Å². The molecule has 0 aromatic heterocycles. The van der Waals surface area contributed by atoms with E-state index in [1.54, 1.807) is 30.3 Å². The second-order valence-electron chi connectivity index (χ2n) is 5.69. The molecule has 6 heteroatoms. The van der Waals surface area contributed by atoms with Crippen molar-refractivity contribution < 1.29 is 23.8 Å². The van der Waals surface area contributed by atoms with E-state index in [-0.39, 0.29) is 11.3 Å². The van der Waals surface area contributed by atoms with E-state index in [2.05, 4.69) is 0 Å². The molecule has 0 saturated carbocycles. The predicted molar refractivity (Wildman–Crippen MR) is 89.5 cm³/mol. The zero-order chi connectivity index (χ0) is 18.1. The third-order valence-corrected chi connectivity index (χ3v) is 4.20. The Morgan fingerprint density at radius 2 is 1.84 bits per heavy atom. The van der Waals surface area contributed by atoms with Gasteiger partial charge in [0.15, 0.2) is 0 Å². The number of hydrogen-bond donors (Lipinski definition) is 1. The molecule has 1 saturated heterocycles. The standard InChI is InChI=1S/C19H16FNO4/c1-21-16(12-4-3-5-13(20)10-12)15(18(23)19(21)24)17(22)11-6-8-14(25-2)9-7-11/h3-10,16,22H,1-2H3/b17-15+. The zero-order valence-electron chi connectivity index (χ0n) is 13.7. The number of aliphatic hydroxyl groups excluding tert-OH is 1. The van der Waals surface area contributed by atoms with Crippen LogP contribution in [0.3, 0.4) is 0 Å². The number of ether oxygens (including phenoxy) is 1. The molecule has 1 fully saturated rings. The normalized spacial score (nSPS) is 19.3. The SMILES string of the molecule is COc1ccc(/C(O)=C2\C(=O)C(=O)N(C)C2c2cccc(F)c2)cc1. The Hall–Kier alpha value is -3.15. The maximum atomic E-state index is 13.6. The maximum Gasteiger partial charge on any atom is 0.295 e. The minimum atomic E-state index is -0.849. The van der Waals surface area contributed by atoms with Gasteiger partial charge in [0.2, 0.25) is 0 Å². The van der Waals surface area contributed by atoms with Crippen molar-refractivity contribution >= 4 is 17.4 Å². The fourth-order valence-electron chi connectivity index (χ4n) is 2.92. The quantitative estimate of drug-likeness (QED) is 0.530. The molecule has 1 amide bonds. The molecule has 1 aliphatic heterocycles. The molecule has 1 unspecified atom stereocenters. The Kier molecular flexibility index (Phi) is 4.27. The summed E-state index contributed by atoms with van der Waals surface area (Å²) in [5.41, 5.74) is 0.716. The summed E-state index contributed by atoms with van der Waals surface area (Å²) in [6, 6.07) is 11.2. The number of carbonyl (C=O) groups is 2. The number of amides is 1. The summed E-state index contributed by atoms with van der Waals surface area (Å²) in [4.78, 5) is 25.7. The molecule has 0 aliphatic carbocycles. The van der Waals surface area contributed by atoms with E-state index in [1.807, 2.05) is 0 Å². The summed E-state index contributed by atoms with van der Waals surface area (Å²) in [5, 5.41) is 10.6. The third kappa shape index (κ3) is 2.87. The van der Waals surface area contributed by atoms with Gasteiger partial charge in [0.05, 0.1) is 18.7 Å². The van der Waals surface area contributed by atoms with E-state index in [9.17, 15) is 19.1 Å². The first-order chi connectivity index (χ1) is 11.9. The van der Waals surface area contributed by atoms with Gasteiger partial charge in [0.25, 0.3) is 11.7 Å². The topological polar surface area (TPSA) is 66.8 Å². The van der Waals surface area contributed by atoms with Gasteiger partial charge in [0, 0.05) is 12.6 Å². The van der Waals surface area contributed by atoms with Crippen molar-refractivity contribution in [2.75, 3.05) is 14.2 Å². The number of likely N-dealkylation sites (tertiary alicyclic amines) is 1. The summed E-state index contributed by atoms with van der Waals surface area (Å²) in [6.45, 7) is 0. The molecule has 1 atom stereocenters. The van der Waals surface area contributed by atoms with Gasteiger partial charge in [-0.1, -0.05) is 12.1 Å². The smallest absolute Gasteiger partial charge is 0.295 e. The number of ketones is 1. The molecule has 2 aromatic carbocycles. The number of Topliss-reactive ketones (excluding diaryl/α,β-unsaturated/α-hetero) is 1. The van der Waals surface area contributed by atoms with E-state index in [0.29, 0.717) is 16.9 Å². The zero-order valence-corrected chi connectivity index (χ0v) is 13.7. The van der Waals surface area contributed by atoms with Gasteiger partial charge in [0.1, 0.15) is 17.3 Å². The van der Waals surface area contributed by atoms with Gasteiger partial charge in [-0.25, -0.2) is 4.39 Å². The average molecular weight is 341 g/mol. The Morgan fingerprint density at radius 3 is 2.44 bits per heavy atom. The van der Waals surface area contributed by atoms with E-state index in [4.69, 9.17) is 4.74 Å². The van der Waals surface area contributed by atoms with Crippen molar-refractivity contribution in [3.63, 3.8) is 0 Å². The van der Waals surface area contributed by atoms with Crippen LogP contribution in [-0.4, -0.2) is 35.9 Å². The first kappa shape index (κ1) is 16.7. The first-order valence-corrected chi connectivity index (χ1v) is 7.58. The molecule has 0 spiro atoms. The maximum absolute atomic E-state index is 13.6. The average Bonchev–Trinajstić information content (AvgIpc) is 2.85. The summed E-state index contributed by atoms with van der Waals surface area (Å²) in [6.07, 6.45) is 0. The van der Waals surface area contributed by atoms with Gasteiger partial charge >= 0.3 is 0 Å². The Morgan fingerprint density at radius 1 is 1.16 bits per heavy atom. The highest BCUT2D eigenvalue weighted by atomic mass is 19.1. The number of hydrogen-bond acceptors (Lipinski definition) is 4. The molecule has 25 heavy (non-hydrogen) atoms. The van der Waals surface area contributed by atoms with Crippen molar-refractivity contribution in [2.24, 2.45) is 0 Å². The van der Waals surface area contributed by atoms with Crippen LogP contribution in [0.25, 0.3) is 5.76 Å². The monoisotopic (exact) mass is 341 g/mol. The van der Waals surface area contributed by atoms with Crippen molar-refractivity contribution in [3.8, 4) is 5.75 Å². The lowest BCUT2D eigenvalue weighted by Crippen LogP contribution is -2.24. The lowest BCUT2D eigenvalue weighted by atomic mass is 9.95. The van der Waals surface area contributed by atoms with Crippen LogP contribution in [0.2, 0.25) is 0 Å². The lowest BCUT2D eigenvalue weighted by molar-refractivity contribution is -0.139. The van der Waals surface area contributed by atoms with Gasteiger partial charge in [-0.05, 0) is 42.0 Å². The molecule has 3 rings (SSSR count). The number of halogens is 1. The molecule has 2 aromatic rings. The second-order valence-corrected chi connectivity index (χ2v) is 5.69. The molecule has 1 heterocycles. The number of rotatable bonds is 3. The predicted octanol–water partition coefficient (Wildman–Crippen LogP) is 2.89. The van der Waals surface area contributed by atoms with Crippen LogP contribution in [-0.2, 0) is 9.59 Å². The Bertz CT molecular complexity index is 873. The molecule has 128 valence electrons. The van der Waals surface area contributed by atoms with E-state index in [0.717, 1.165) is 0 Å². The Balaban J connectivity index is 2.14. The number of aliphatic hydroxyl groups is 1. The summed E-state index contributed by atoms with van der Waals surface area (Å²) in [5.74, 6) is -1.75. The van der Waals surface area contributed by atoms with Crippen molar-refractivity contribution in [2.45, 2.75) is 6.04 Å².